The van der Waals surface area contributed by atoms with Gasteiger partial charge in [0.15, 0.2) is 5.58 Å². The number of rotatable bonds is 6. The van der Waals surface area contributed by atoms with Crippen molar-refractivity contribution in [1.82, 2.24) is 0 Å². The van der Waals surface area contributed by atoms with E-state index in [9.17, 15) is 0 Å². The van der Waals surface area contributed by atoms with Gasteiger partial charge < -0.3 is 23.1 Å². The van der Waals surface area contributed by atoms with Crippen LogP contribution in [0.4, 0.5) is 34.1 Å². The van der Waals surface area contributed by atoms with Crippen LogP contribution < -0.4 is 9.80 Å². The second-order valence-corrected chi connectivity index (χ2v) is 17.9. The number of hydrogen-bond donors (Lipinski definition) is 0. The highest BCUT2D eigenvalue weighted by molar-refractivity contribution is 6.11. The Kier molecular flexibility index (Phi) is 7.64. The van der Waals surface area contributed by atoms with Crippen molar-refractivity contribution < 1.29 is 13.3 Å². The summed E-state index contributed by atoms with van der Waals surface area (Å²) in [5.41, 5.74) is 17.9. The molecule has 0 aliphatic heterocycles. The van der Waals surface area contributed by atoms with Gasteiger partial charge in [-0.15, -0.1) is 0 Å². The number of fused-ring (bicyclic) bond motifs is 18. The van der Waals surface area contributed by atoms with E-state index in [0.717, 1.165) is 106 Å². The lowest BCUT2D eigenvalue weighted by Gasteiger charge is -2.36. The number of benzene rings is 10. The lowest BCUT2D eigenvalue weighted by atomic mass is 9.69. The van der Waals surface area contributed by atoms with Gasteiger partial charge in [-0.3, -0.25) is 0 Å². The highest BCUT2D eigenvalue weighted by Crippen LogP contribution is 2.68. The third-order valence-corrected chi connectivity index (χ3v) is 14.4. The van der Waals surface area contributed by atoms with Crippen LogP contribution in [0.3, 0.4) is 0 Å². The van der Waals surface area contributed by atoms with E-state index in [2.05, 4.69) is 222 Å². The first-order valence-electron chi connectivity index (χ1n) is 23.2. The Bertz CT molecular complexity index is 4180. The minimum atomic E-state index is -0.803. The summed E-state index contributed by atoms with van der Waals surface area (Å²) in [6.07, 6.45) is 0. The molecule has 0 N–H and O–H groups in total. The Morgan fingerprint density at radius 3 is 1.60 bits per heavy atom. The molecule has 0 saturated carbocycles. The number of furan rings is 3. The van der Waals surface area contributed by atoms with Crippen molar-refractivity contribution in [2.24, 2.45) is 0 Å². The number of anilines is 6. The van der Waals surface area contributed by atoms with Gasteiger partial charge >= 0.3 is 0 Å². The van der Waals surface area contributed by atoms with E-state index in [1.807, 2.05) is 18.2 Å². The zero-order chi connectivity index (χ0) is 44.5. The smallest absolute Gasteiger partial charge is 0.159 e. The van der Waals surface area contributed by atoms with Gasteiger partial charge in [-0.2, -0.15) is 0 Å². The van der Waals surface area contributed by atoms with Crippen molar-refractivity contribution in [3.05, 3.63) is 253 Å². The monoisotopic (exact) mass is 870 g/mol. The molecule has 68 heavy (non-hydrogen) atoms. The van der Waals surface area contributed by atoms with Crippen LogP contribution in [0.15, 0.2) is 244 Å². The zero-order valence-corrected chi connectivity index (χ0v) is 36.6. The van der Waals surface area contributed by atoms with Gasteiger partial charge in [-0.25, -0.2) is 0 Å². The molecule has 3 heterocycles. The molecule has 5 nitrogen and oxygen atoms in total. The Morgan fingerprint density at radius 1 is 0.294 bits per heavy atom. The van der Waals surface area contributed by atoms with Crippen LogP contribution in [0.1, 0.15) is 22.3 Å². The predicted octanol–water partition coefficient (Wildman–Crippen LogP) is 17.5. The summed E-state index contributed by atoms with van der Waals surface area (Å²) in [6.45, 7) is 0. The highest BCUT2D eigenvalue weighted by Gasteiger charge is 2.56. The van der Waals surface area contributed by atoms with Crippen molar-refractivity contribution in [3.8, 4) is 22.5 Å². The topological polar surface area (TPSA) is 45.9 Å². The third kappa shape index (κ3) is 4.99. The molecule has 13 aromatic rings. The molecule has 0 radical (unpaired) electrons. The molecule has 15 rings (SSSR count). The summed E-state index contributed by atoms with van der Waals surface area (Å²) in [6, 6.07) is 82.4. The van der Waals surface area contributed by atoms with E-state index in [4.69, 9.17) is 13.3 Å². The second-order valence-electron chi connectivity index (χ2n) is 17.9. The van der Waals surface area contributed by atoms with E-state index in [-0.39, 0.29) is 0 Å². The molecule has 318 valence electrons. The molecule has 0 saturated heterocycles. The molecular weight excluding hydrogens is 833 g/mol. The molecule has 2 aliphatic rings. The summed E-state index contributed by atoms with van der Waals surface area (Å²) in [4.78, 5) is 4.79. The minimum absolute atomic E-state index is 0.803. The number of para-hydroxylation sites is 6. The van der Waals surface area contributed by atoms with Crippen molar-refractivity contribution in [2.75, 3.05) is 9.80 Å². The lowest BCUT2D eigenvalue weighted by molar-refractivity contribution is 0.628. The molecule has 2 aliphatic carbocycles. The molecule has 1 atom stereocenters. The van der Waals surface area contributed by atoms with E-state index in [1.165, 1.54) is 27.8 Å². The van der Waals surface area contributed by atoms with E-state index in [0.29, 0.717) is 0 Å². The quantitative estimate of drug-likeness (QED) is 0.167. The molecule has 3 aromatic heterocycles. The van der Waals surface area contributed by atoms with Gasteiger partial charge in [-0.1, -0.05) is 146 Å². The first kappa shape index (κ1) is 37.2. The number of nitrogens with zero attached hydrogens (tertiary/aromatic N) is 2. The van der Waals surface area contributed by atoms with Gasteiger partial charge in [0.05, 0.1) is 16.8 Å². The van der Waals surface area contributed by atoms with Crippen molar-refractivity contribution in [2.45, 2.75) is 5.41 Å². The van der Waals surface area contributed by atoms with Gasteiger partial charge in [-0.05, 0) is 107 Å². The van der Waals surface area contributed by atoms with Crippen LogP contribution in [0.5, 0.6) is 0 Å². The largest absolute Gasteiger partial charge is 0.456 e. The van der Waals surface area contributed by atoms with Crippen LogP contribution in [-0.4, -0.2) is 0 Å². The first-order valence-corrected chi connectivity index (χ1v) is 23.2. The SMILES string of the molecule is c1ccc(N(c2ccc3oc4ccccc4c3c2)c2cccc3c2C2(c4ccccc4-c4ccc(N(c5ccccc5)c5cccc6c5oc5ccccc56)cc42)c2c-3oc3ccccc23)cc1. The Balaban J connectivity index is 1.05. The summed E-state index contributed by atoms with van der Waals surface area (Å²) >= 11 is 0. The van der Waals surface area contributed by atoms with E-state index < -0.39 is 5.41 Å². The fourth-order valence-electron chi connectivity index (χ4n) is 11.8. The molecule has 0 amide bonds. The van der Waals surface area contributed by atoms with Crippen LogP contribution in [0, 0.1) is 0 Å². The second kappa shape index (κ2) is 14.0. The molecule has 10 aromatic carbocycles. The van der Waals surface area contributed by atoms with Crippen LogP contribution in [-0.2, 0) is 5.41 Å². The fourth-order valence-corrected chi connectivity index (χ4v) is 11.8. The molecule has 0 fully saturated rings. The van der Waals surface area contributed by atoms with Gasteiger partial charge in [0.1, 0.15) is 28.1 Å². The summed E-state index contributed by atoms with van der Waals surface area (Å²) in [5.74, 6) is 0.896. The average molecular weight is 871 g/mol. The van der Waals surface area contributed by atoms with Crippen LogP contribution in [0.2, 0.25) is 0 Å². The van der Waals surface area contributed by atoms with Crippen molar-refractivity contribution in [3.63, 3.8) is 0 Å². The van der Waals surface area contributed by atoms with E-state index >= 15 is 0 Å². The number of hydrogen-bond acceptors (Lipinski definition) is 5. The Morgan fingerprint density at radius 2 is 0.824 bits per heavy atom. The maximum Gasteiger partial charge on any atom is 0.159 e. The molecular formula is C63H38N2O3. The molecule has 0 bridgehead atoms. The fraction of sp³-hybridized carbons (Fsp3) is 0.0159. The normalized spacial score (nSPS) is 14.5. The Hall–Kier alpha value is -9.06. The van der Waals surface area contributed by atoms with Gasteiger partial charge in [0.2, 0.25) is 0 Å². The van der Waals surface area contributed by atoms with Gasteiger partial charge in [0, 0.05) is 66.4 Å². The molecule has 5 heteroatoms. The van der Waals surface area contributed by atoms with Crippen molar-refractivity contribution >= 4 is 89.0 Å². The summed E-state index contributed by atoms with van der Waals surface area (Å²) in [5, 5.41) is 5.43. The standard InChI is InChI=1S/C63H38N2O3/c1-3-17-39(18-4-1)64(41-34-36-58-50(37-41)46-23-9-12-30-55(46)66-58)53-28-16-26-49-59(53)63(60-48-24-10-14-32-57(48)68-62(49)60)51-27-11-7-21-43(51)44-35-33-42(38-52(44)63)65(40-19-5-2-6-20-40)54-29-15-25-47-45-22-8-13-31-56(45)67-61(47)54/h1-38H. The van der Waals surface area contributed by atoms with E-state index in [1.54, 1.807) is 0 Å². The minimum Gasteiger partial charge on any atom is -0.456 e. The van der Waals surface area contributed by atoms with Crippen LogP contribution >= 0.6 is 0 Å². The summed E-state index contributed by atoms with van der Waals surface area (Å²) < 4.78 is 20.3. The maximum atomic E-state index is 7.13. The molecule has 1 spiro atoms. The average Bonchev–Trinajstić information content (AvgIpc) is 4.20. The Labute approximate surface area is 390 Å². The molecule has 1 unspecified atom stereocenters. The third-order valence-electron chi connectivity index (χ3n) is 14.4. The maximum absolute atomic E-state index is 7.13. The predicted molar refractivity (Wildman–Crippen MR) is 276 cm³/mol. The highest BCUT2D eigenvalue weighted by atomic mass is 16.3. The summed E-state index contributed by atoms with van der Waals surface area (Å²) in [7, 11) is 0. The van der Waals surface area contributed by atoms with Crippen molar-refractivity contribution in [1.29, 1.82) is 0 Å². The van der Waals surface area contributed by atoms with Gasteiger partial charge in [0.25, 0.3) is 0 Å². The zero-order valence-electron chi connectivity index (χ0n) is 36.6. The lowest BCUT2D eigenvalue weighted by Crippen LogP contribution is -2.28. The van der Waals surface area contributed by atoms with Crippen LogP contribution in [0.25, 0.3) is 77.3 Å². The first-order chi connectivity index (χ1) is 33.7.